The fourth-order valence-electron chi connectivity index (χ4n) is 1.92. The van der Waals surface area contributed by atoms with Gasteiger partial charge in [-0.1, -0.05) is 18.2 Å². The minimum Gasteiger partial charge on any atom is -0.358 e. The third kappa shape index (κ3) is 1.76. The monoisotopic (exact) mass is 204 g/mol. The summed E-state index contributed by atoms with van der Waals surface area (Å²) >= 11 is 0. The largest absolute Gasteiger partial charge is 0.358 e. The highest BCUT2D eigenvalue weighted by Gasteiger charge is 2.07. The number of H-pyrrole nitrogens is 1. The van der Waals surface area contributed by atoms with Gasteiger partial charge in [-0.05, 0) is 31.4 Å². The zero-order chi connectivity index (χ0) is 10.8. The maximum Gasteiger partial charge on any atom is 0.0720 e. The maximum absolute atomic E-state index is 5.05. The lowest BCUT2D eigenvalue weighted by Crippen LogP contribution is -2.03. The summed E-state index contributed by atoms with van der Waals surface area (Å²) in [7, 11) is 0. The van der Waals surface area contributed by atoms with Crippen molar-refractivity contribution < 1.29 is 4.84 Å². The maximum atomic E-state index is 5.05. The van der Waals surface area contributed by atoms with Crippen molar-refractivity contribution in [3.63, 3.8) is 0 Å². The highest BCUT2D eigenvalue weighted by Crippen LogP contribution is 2.24. The van der Waals surface area contributed by atoms with E-state index in [2.05, 4.69) is 41.9 Å². The van der Waals surface area contributed by atoms with E-state index in [1.807, 2.05) is 0 Å². The Bertz CT molecular complexity index is 474. The van der Waals surface area contributed by atoms with Crippen molar-refractivity contribution in [1.82, 2.24) is 4.98 Å². The summed E-state index contributed by atoms with van der Waals surface area (Å²) in [5, 5.41) is 1.29. The molecule has 2 rings (SSSR count). The van der Waals surface area contributed by atoms with Gasteiger partial charge in [-0.15, -0.1) is 0 Å². The molecular formula is C12H16N2O. The van der Waals surface area contributed by atoms with Crippen LogP contribution in [0.2, 0.25) is 0 Å². The standard InChI is InChI=1S/C12H16N2O/c1-8-9(2)14-12-10(6-7-15-13)4-3-5-11(8)12/h3-5,14H,6-7,13H2,1-2H3. The molecule has 0 radical (unpaired) electrons. The Morgan fingerprint density at radius 3 is 2.87 bits per heavy atom. The van der Waals surface area contributed by atoms with Crippen molar-refractivity contribution >= 4 is 10.9 Å². The van der Waals surface area contributed by atoms with E-state index in [4.69, 9.17) is 5.90 Å². The van der Waals surface area contributed by atoms with E-state index < -0.39 is 0 Å². The van der Waals surface area contributed by atoms with Crippen LogP contribution in [0.1, 0.15) is 16.8 Å². The molecule has 0 saturated heterocycles. The van der Waals surface area contributed by atoms with Crippen LogP contribution >= 0.6 is 0 Å². The third-order valence-electron chi connectivity index (χ3n) is 2.92. The quantitative estimate of drug-likeness (QED) is 0.753. The van der Waals surface area contributed by atoms with Crippen LogP contribution in [-0.4, -0.2) is 11.6 Å². The second-order valence-electron chi connectivity index (χ2n) is 3.84. The molecule has 0 atom stereocenters. The Kier molecular flexibility index (Phi) is 2.75. The van der Waals surface area contributed by atoms with E-state index in [1.54, 1.807) is 0 Å². The van der Waals surface area contributed by atoms with Crippen molar-refractivity contribution in [2.45, 2.75) is 20.3 Å². The van der Waals surface area contributed by atoms with Crippen LogP contribution in [0.5, 0.6) is 0 Å². The van der Waals surface area contributed by atoms with Crippen LogP contribution in [-0.2, 0) is 11.3 Å². The molecule has 0 aliphatic carbocycles. The second kappa shape index (κ2) is 4.04. The Balaban J connectivity index is 2.51. The smallest absolute Gasteiger partial charge is 0.0720 e. The first-order chi connectivity index (χ1) is 7.24. The molecule has 2 aromatic rings. The Morgan fingerprint density at radius 1 is 1.33 bits per heavy atom. The first-order valence-electron chi connectivity index (χ1n) is 5.12. The van der Waals surface area contributed by atoms with Crippen LogP contribution in [0.4, 0.5) is 0 Å². The molecule has 80 valence electrons. The van der Waals surface area contributed by atoms with Gasteiger partial charge in [0.1, 0.15) is 0 Å². The van der Waals surface area contributed by atoms with Crippen molar-refractivity contribution in [2.24, 2.45) is 5.90 Å². The Hall–Kier alpha value is -1.32. The van der Waals surface area contributed by atoms with Gasteiger partial charge < -0.3 is 9.82 Å². The number of nitrogens with one attached hydrogen (secondary N) is 1. The summed E-state index contributed by atoms with van der Waals surface area (Å²) in [6.45, 7) is 4.78. The molecule has 0 amide bonds. The molecule has 0 spiro atoms. The van der Waals surface area contributed by atoms with Gasteiger partial charge in [0.25, 0.3) is 0 Å². The number of hydrogen-bond donors (Lipinski definition) is 2. The molecule has 1 aromatic heterocycles. The summed E-state index contributed by atoms with van der Waals surface area (Å²) in [5.74, 6) is 5.05. The van der Waals surface area contributed by atoms with E-state index in [-0.39, 0.29) is 0 Å². The van der Waals surface area contributed by atoms with Crippen LogP contribution in [0, 0.1) is 13.8 Å². The van der Waals surface area contributed by atoms with Crippen molar-refractivity contribution in [3.05, 3.63) is 35.0 Å². The second-order valence-corrected chi connectivity index (χ2v) is 3.84. The number of nitrogens with two attached hydrogens (primary N) is 1. The predicted molar refractivity (Wildman–Crippen MR) is 61.6 cm³/mol. The molecule has 0 aliphatic heterocycles. The highest BCUT2D eigenvalue weighted by molar-refractivity contribution is 5.87. The number of fused-ring (bicyclic) bond motifs is 1. The van der Waals surface area contributed by atoms with Crippen LogP contribution < -0.4 is 5.90 Å². The van der Waals surface area contributed by atoms with Crippen LogP contribution in [0.3, 0.4) is 0 Å². The number of benzene rings is 1. The molecule has 1 aromatic carbocycles. The van der Waals surface area contributed by atoms with Gasteiger partial charge in [0.05, 0.1) is 6.61 Å². The normalized spacial score (nSPS) is 11.1. The van der Waals surface area contributed by atoms with E-state index in [0.29, 0.717) is 6.61 Å². The lowest BCUT2D eigenvalue weighted by atomic mass is 10.1. The van der Waals surface area contributed by atoms with Gasteiger partial charge >= 0.3 is 0 Å². The molecule has 3 nitrogen and oxygen atoms in total. The molecule has 3 heteroatoms. The number of aromatic nitrogens is 1. The first-order valence-corrected chi connectivity index (χ1v) is 5.12. The Morgan fingerprint density at radius 2 is 2.13 bits per heavy atom. The van der Waals surface area contributed by atoms with Gasteiger partial charge in [0.2, 0.25) is 0 Å². The lowest BCUT2D eigenvalue weighted by molar-refractivity contribution is 0.141. The highest BCUT2D eigenvalue weighted by atomic mass is 16.6. The van der Waals surface area contributed by atoms with Crippen LogP contribution in [0.25, 0.3) is 10.9 Å². The minimum absolute atomic E-state index is 0.552. The van der Waals surface area contributed by atoms with E-state index in [9.17, 15) is 0 Å². The minimum atomic E-state index is 0.552. The van der Waals surface area contributed by atoms with E-state index in [0.717, 1.165) is 6.42 Å². The molecular weight excluding hydrogens is 188 g/mol. The van der Waals surface area contributed by atoms with E-state index in [1.165, 1.54) is 27.7 Å². The topological polar surface area (TPSA) is 51.0 Å². The molecule has 0 fully saturated rings. The van der Waals surface area contributed by atoms with Crippen molar-refractivity contribution in [3.8, 4) is 0 Å². The summed E-state index contributed by atoms with van der Waals surface area (Å²) in [5.41, 5.74) is 5.02. The fraction of sp³-hybridized carbons (Fsp3) is 0.333. The molecule has 0 saturated carbocycles. The summed E-state index contributed by atoms with van der Waals surface area (Å²) in [6, 6.07) is 6.33. The average Bonchev–Trinajstić information content (AvgIpc) is 2.53. The third-order valence-corrected chi connectivity index (χ3v) is 2.92. The van der Waals surface area contributed by atoms with Crippen LogP contribution in [0.15, 0.2) is 18.2 Å². The number of aryl methyl sites for hydroxylation is 2. The van der Waals surface area contributed by atoms with Gasteiger partial charge in [-0.3, -0.25) is 0 Å². The number of rotatable bonds is 3. The number of para-hydroxylation sites is 1. The zero-order valence-electron chi connectivity index (χ0n) is 9.13. The van der Waals surface area contributed by atoms with Gasteiger partial charge in [0.15, 0.2) is 0 Å². The summed E-state index contributed by atoms with van der Waals surface area (Å²) < 4.78 is 0. The Labute approximate surface area is 89.2 Å². The average molecular weight is 204 g/mol. The van der Waals surface area contributed by atoms with Gasteiger partial charge in [-0.2, -0.15) is 0 Å². The first kappa shape index (κ1) is 10.2. The van der Waals surface area contributed by atoms with E-state index >= 15 is 0 Å². The number of hydrogen-bond acceptors (Lipinski definition) is 2. The SMILES string of the molecule is Cc1[nH]c2c(CCON)cccc2c1C. The fourth-order valence-corrected chi connectivity index (χ4v) is 1.92. The molecule has 3 N–H and O–H groups in total. The molecule has 0 aliphatic rings. The van der Waals surface area contributed by atoms with Gasteiger partial charge in [-0.25, -0.2) is 5.90 Å². The zero-order valence-corrected chi connectivity index (χ0v) is 9.13. The van der Waals surface area contributed by atoms with Gasteiger partial charge in [0, 0.05) is 16.6 Å². The molecule has 0 unspecified atom stereocenters. The molecule has 1 heterocycles. The number of aromatic amines is 1. The van der Waals surface area contributed by atoms with Crippen molar-refractivity contribution in [1.29, 1.82) is 0 Å². The molecule has 0 bridgehead atoms. The molecule has 15 heavy (non-hydrogen) atoms. The van der Waals surface area contributed by atoms with Crippen molar-refractivity contribution in [2.75, 3.05) is 6.61 Å². The lowest BCUT2D eigenvalue weighted by Gasteiger charge is -2.01. The predicted octanol–water partition coefficient (Wildman–Crippen LogP) is 2.22. The summed E-state index contributed by atoms with van der Waals surface area (Å²) in [4.78, 5) is 8.03. The summed E-state index contributed by atoms with van der Waals surface area (Å²) in [6.07, 6.45) is 0.841.